The largest absolute Gasteiger partial charge is 0.495 e. The second kappa shape index (κ2) is 7.92. The Labute approximate surface area is 219 Å². The minimum Gasteiger partial charge on any atom is -0.399 e. The molecule has 37 heavy (non-hydrogen) atoms. The van der Waals surface area contributed by atoms with E-state index in [1.54, 1.807) is 0 Å². The number of rotatable bonds is 3. The summed E-state index contributed by atoms with van der Waals surface area (Å²) in [7, 11) is -0.383. The number of benzene rings is 5. The van der Waals surface area contributed by atoms with E-state index in [4.69, 9.17) is 9.31 Å². The summed E-state index contributed by atoms with van der Waals surface area (Å²) in [4.78, 5) is 0. The van der Waals surface area contributed by atoms with Gasteiger partial charge in [-0.2, -0.15) is 0 Å². The molecule has 180 valence electrons. The van der Waals surface area contributed by atoms with Crippen LogP contribution in [-0.2, 0) is 9.31 Å². The number of fused-ring (bicyclic) bond motifs is 3. The second-order valence-corrected chi connectivity index (χ2v) is 11.2. The Kier molecular flexibility index (Phi) is 4.82. The molecule has 5 aromatic rings. The fourth-order valence-corrected chi connectivity index (χ4v) is 5.83. The first-order valence-electron chi connectivity index (χ1n) is 13.0. The molecule has 0 amide bonds. The Morgan fingerprint density at radius 2 is 1.08 bits per heavy atom. The molecule has 3 heteroatoms. The van der Waals surface area contributed by atoms with E-state index in [1.165, 1.54) is 55.3 Å². The molecule has 1 aliphatic carbocycles. The molecule has 0 atom stereocenters. The van der Waals surface area contributed by atoms with Crippen molar-refractivity contribution >= 4 is 23.4 Å². The summed E-state index contributed by atoms with van der Waals surface area (Å²) in [6, 6.07) is 37.3. The molecule has 0 N–H and O–H groups in total. The SMILES string of the molecule is CC1(C)OB(c2ccc3c4c(cccc24)-c2ccc(-c4ccccc4-c4ccccc4)cc2-3)OC1(C)C. The van der Waals surface area contributed by atoms with E-state index >= 15 is 0 Å². The van der Waals surface area contributed by atoms with Crippen LogP contribution in [-0.4, -0.2) is 18.3 Å². The van der Waals surface area contributed by atoms with Crippen molar-refractivity contribution in [2.24, 2.45) is 0 Å². The van der Waals surface area contributed by atoms with Gasteiger partial charge in [-0.05, 0) is 94.5 Å². The molecular weight excluding hydrogens is 451 g/mol. The Balaban J connectivity index is 1.37. The van der Waals surface area contributed by atoms with Gasteiger partial charge in [0.1, 0.15) is 0 Å². The average molecular weight is 480 g/mol. The van der Waals surface area contributed by atoms with Crippen molar-refractivity contribution in [1.82, 2.24) is 0 Å². The van der Waals surface area contributed by atoms with Gasteiger partial charge in [0.2, 0.25) is 0 Å². The zero-order valence-corrected chi connectivity index (χ0v) is 21.7. The van der Waals surface area contributed by atoms with Crippen LogP contribution >= 0.6 is 0 Å². The maximum Gasteiger partial charge on any atom is 0.495 e. The van der Waals surface area contributed by atoms with E-state index in [9.17, 15) is 0 Å². The monoisotopic (exact) mass is 480 g/mol. The summed E-state index contributed by atoms with van der Waals surface area (Å²) in [5, 5.41) is 2.49. The summed E-state index contributed by atoms with van der Waals surface area (Å²) in [5.74, 6) is 0. The smallest absolute Gasteiger partial charge is 0.399 e. The first-order chi connectivity index (χ1) is 17.8. The molecule has 1 saturated heterocycles. The first-order valence-corrected chi connectivity index (χ1v) is 13.0. The predicted molar refractivity (Wildman–Crippen MR) is 155 cm³/mol. The van der Waals surface area contributed by atoms with Crippen LogP contribution in [0.15, 0.2) is 103 Å². The Bertz CT molecular complexity index is 1670. The summed E-state index contributed by atoms with van der Waals surface area (Å²) in [6.45, 7) is 8.44. The first kappa shape index (κ1) is 22.5. The summed E-state index contributed by atoms with van der Waals surface area (Å²) in [5.41, 5.74) is 10.4. The molecule has 5 aromatic carbocycles. The lowest BCUT2D eigenvalue weighted by atomic mass is 9.75. The van der Waals surface area contributed by atoms with E-state index in [0.29, 0.717) is 0 Å². The highest BCUT2D eigenvalue weighted by atomic mass is 16.7. The maximum absolute atomic E-state index is 6.45. The van der Waals surface area contributed by atoms with Gasteiger partial charge in [0.25, 0.3) is 0 Å². The van der Waals surface area contributed by atoms with Gasteiger partial charge < -0.3 is 9.31 Å². The molecular formula is C34H29BO2. The maximum atomic E-state index is 6.45. The van der Waals surface area contributed by atoms with Crippen LogP contribution in [0.5, 0.6) is 0 Å². The quantitative estimate of drug-likeness (QED) is 0.238. The summed E-state index contributed by atoms with van der Waals surface area (Å²) in [6.07, 6.45) is 0. The van der Waals surface area contributed by atoms with E-state index in [0.717, 1.165) is 5.46 Å². The van der Waals surface area contributed by atoms with Crippen molar-refractivity contribution in [3.63, 3.8) is 0 Å². The Morgan fingerprint density at radius 3 is 1.81 bits per heavy atom. The lowest BCUT2D eigenvalue weighted by molar-refractivity contribution is 0.00578. The van der Waals surface area contributed by atoms with Crippen molar-refractivity contribution in [1.29, 1.82) is 0 Å². The lowest BCUT2D eigenvalue weighted by Gasteiger charge is -2.32. The van der Waals surface area contributed by atoms with Gasteiger partial charge in [0.15, 0.2) is 0 Å². The summed E-state index contributed by atoms with van der Waals surface area (Å²) < 4.78 is 12.9. The van der Waals surface area contributed by atoms with E-state index < -0.39 is 0 Å². The van der Waals surface area contributed by atoms with Crippen LogP contribution in [0.25, 0.3) is 55.3 Å². The molecule has 0 unspecified atom stereocenters. The van der Waals surface area contributed by atoms with E-state index in [2.05, 4.69) is 131 Å². The van der Waals surface area contributed by atoms with Crippen LogP contribution in [0.1, 0.15) is 27.7 Å². The van der Waals surface area contributed by atoms with Gasteiger partial charge in [-0.25, -0.2) is 0 Å². The molecule has 0 radical (unpaired) electrons. The molecule has 0 saturated carbocycles. The third kappa shape index (κ3) is 3.35. The molecule has 0 aromatic heterocycles. The van der Waals surface area contributed by atoms with Crippen LogP contribution in [0.2, 0.25) is 0 Å². The van der Waals surface area contributed by atoms with Crippen LogP contribution in [0.4, 0.5) is 0 Å². The fourth-order valence-electron chi connectivity index (χ4n) is 5.83. The third-order valence-corrected chi connectivity index (χ3v) is 8.50. The molecule has 1 aliphatic heterocycles. The fraction of sp³-hybridized carbons (Fsp3) is 0.176. The molecule has 0 bridgehead atoms. The van der Waals surface area contributed by atoms with E-state index in [1.807, 2.05) is 0 Å². The molecule has 2 aliphatic rings. The highest BCUT2D eigenvalue weighted by Crippen LogP contribution is 2.49. The minimum atomic E-state index is -0.383. The average Bonchev–Trinajstić information content (AvgIpc) is 3.34. The van der Waals surface area contributed by atoms with Gasteiger partial charge in [-0.15, -0.1) is 0 Å². The van der Waals surface area contributed by atoms with Crippen LogP contribution < -0.4 is 5.46 Å². The van der Waals surface area contributed by atoms with Crippen LogP contribution in [0.3, 0.4) is 0 Å². The van der Waals surface area contributed by atoms with Crippen molar-refractivity contribution < 1.29 is 9.31 Å². The van der Waals surface area contributed by atoms with Gasteiger partial charge >= 0.3 is 7.12 Å². The van der Waals surface area contributed by atoms with Gasteiger partial charge in [0.05, 0.1) is 11.2 Å². The minimum absolute atomic E-state index is 0.371. The predicted octanol–water partition coefficient (Wildman–Crippen LogP) is 8.12. The van der Waals surface area contributed by atoms with Crippen molar-refractivity contribution in [3.8, 4) is 44.5 Å². The highest BCUT2D eigenvalue weighted by Gasteiger charge is 2.52. The van der Waals surface area contributed by atoms with Gasteiger partial charge in [0, 0.05) is 0 Å². The molecule has 7 rings (SSSR count). The van der Waals surface area contributed by atoms with E-state index in [-0.39, 0.29) is 18.3 Å². The van der Waals surface area contributed by atoms with Crippen molar-refractivity contribution in [2.45, 2.75) is 38.9 Å². The Hall–Kier alpha value is -3.66. The summed E-state index contributed by atoms with van der Waals surface area (Å²) >= 11 is 0. The Morgan fingerprint density at radius 1 is 0.486 bits per heavy atom. The zero-order valence-electron chi connectivity index (χ0n) is 21.7. The molecule has 0 spiro atoms. The normalized spacial score (nSPS) is 16.8. The molecule has 1 fully saturated rings. The van der Waals surface area contributed by atoms with Crippen molar-refractivity contribution in [2.75, 3.05) is 0 Å². The number of hydrogen-bond donors (Lipinski definition) is 0. The topological polar surface area (TPSA) is 18.5 Å². The van der Waals surface area contributed by atoms with Gasteiger partial charge in [-0.3, -0.25) is 0 Å². The van der Waals surface area contributed by atoms with Crippen LogP contribution in [0, 0.1) is 0 Å². The zero-order chi connectivity index (χ0) is 25.4. The molecule has 1 heterocycles. The highest BCUT2D eigenvalue weighted by molar-refractivity contribution is 6.65. The lowest BCUT2D eigenvalue weighted by Crippen LogP contribution is -2.41. The standard InChI is InChI=1S/C34H29BO2/c1-33(2)34(3,4)37-35(36-33)31-20-19-28-30-21-23(17-18-26(30)27-15-10-16-29(31)32(27)28)25-14-9-8-13-24(25)22-11-6-5-7-12-22/h5-21H,1-4H3. The van der Waals surface area contributed by atoms with Gasteiger partial charge in [-0.1, -0.05) is 97.1 Å². The second-order valence-electron chi connectivity index (χ2n) is 11.2. The third-order valence-electron chi connectivity index (χ3n) is 8.50. The van der Waals surface area contributed by atoms with Crippen molar-refractivity contribution in [3.05, 3.63) is 103 Å². The molecule has 2 nitrogen and oxygen atoms in total. The number of hydrogen-bond acceptors (Lipinski definition) is 2.